The largest absolute Gasteiger partial charge is 0.381 e. The van der Waals surface area contributed by atoms with E-state index in [0.717, 1.165) is 42.9 Å². The van der Waals surface area contributed by atoms with Gasteiger partial charge in [0.15, 0.2) is 0 Å². The van der Waals surface area contributed by atoms with Crippen LogP contribution in [0, 0.1) is 23.7 Å². The van der Waals surface area contributed by atoms with Gasteiger partial charge in [0.25, 0.3) is 0 Å². The van der Waals surface area contributed by atoms with Crippen molar-refractivity contribution < 1.29 is 4.74 Å². The van der Waals surface area contributed by atoms with Crippen LogP contribution < -0.4 is 5.32 Å². The van der Waals surface area contributed by atoms with Gasteiger partial charge in [0.05, 0.1) is 6.61 Å². The van der Waals surface area contributed by atoms with Crippen LogP contribution in [-0.4, -0.2) is 25.8 Å². The number of hydrogen-bond donors (Lipinski definition) is 1. The Morgan fingerprint density at radius 2 is 2.00 bits per heavy atom. The van der Waals surface area contributed by atoms with Crippen molar-refractivity contribution >= 4 is 0 Å². The van der Waals surface area contributed by atoms with Crippen molar-refractivity contribution in [1.29, 1.82) is 0 Å². The first kappa shape index (κ1) is 11.0. The Hall–Kier alpha value is -0.0800. The molecule has 4 atom stereocenters. The van der Waals surface area contributed by atoms with Gasteiger partial charge in [-0.05, 0) is 56.4 Å². The smallest absolute Gasteiger partial charge is 0.0510 e. The molecular weight excluding hydrogens is 198 g/mol. The summed E-state index contributed by atoms with van der Waals surface area (Å²) in [6.07, 6.45) is 7.08. The number of fused-ring (bicyclic) bond motifs is 1. The van der Waals surface area contributed by atoms with E-state index in [-0.39, 0.29) is 0 Å². The van der Waals surface area contributed by atoms with Crippen LogP contribution in [0.5, 0.6) is 0 Å². The molecule has 0 aromatic heterocycles. The summed E-state index contributed by atoms with van der Waals surface area (Å²) in [7, 11) is 0. The van der Waals surface area contributed by atoms with Gasteiger partial charge in [0.2, 0.25) is 0 Å². The summed E-state index contributed by atoms with van der Waals surface area (Å²) in [4.78, 5) is 0. The lowest BCUT2D eigenvalue weighted by Gasteiger charge is -2.30. The molecule has 4 unspecified atom stereocenters. The molecule has 1 N–H and O–H groups in total. The summed E-state index contributed by atoms with van der Waals surface area (Å²) in [5, 5.41) is 3.81. The second-order valence-electron chi connectivity index (χ2n) is 6.09. The van der Waals surface area contributed by atoms with Crippen LogP contribution in [-0.2, 0) is 4.74 Å². The van der Waals surface area contributed by atoms with Gasteiger partial charge in [-0.3, -0.25) is 0 Å². The molecule has 0 amide bonds. The van der Waals surface area contributed by atoms with E-state index in [1.54, 1.807) is 0 Å². The molecule has 0 bridgehead atoms. The van der Waals surface area contributed by atoms with Crippen LogP contribution >= 0.6 is 0 Å². The van der Waals surface area contributed by atoms with E-state index in [2.05, 4.69) is 12.2 Å². The topological polar surface area (TPSA) is 21.3 Å². The summed E-state index contributed by atoms with van der Waals surface area (Å²) in [6, 6.07) is 0.759. The van der Waals surface area contributed by atoms with E-state index in [1.165, 1.54) is 38.6 Å². The first-order chi connectivity index (χ1) is 7.88. The van der Waals surface area contributed by atoms with Gasteiger partial charge in [-0.25, -0.2) is 0 Å². The zero-order valence-corrected chi connectivity index (χ0v) is 10.5. The van der Waals surface area contributed by atoms with Crippen molar-refractivity contribution in [2.75, 3.05) is 19.8 Å². The van der Waals surface area contributed by atoms with Crippen molar-refractivity contribution in [1.82, 2.24) is 5.32 Å². The van der Waals surface area contributed by atoms with E-state index in [1.807, 2.05) is 0 Å². The molecule has 2 aliphatic carbocycles. The molecule has 16 heavy (non-hydrogen) atoms. The quantitative estimate of drug-likeness (QED) is 0.773. The predicted molar refractivity (Wildman–Crippen MR) is 65.3 cm³/mol. The SMILES string of the molecule is CCCNC(C1CCOC1)C1CC2CC2C1. The highest BCUT2D eigenvalue weighted by atomic mass is 16.5. The summed E-state index contributed by atoms with van der Waals surface area (Å²) in [6.45, 7) is 5.45. The van der Waals surface area contributed by atoms with E-state index < -0.39 is 0 Å². The van der Waals surface area contributed by atoms with Crippen LogP contribution in [0.2, 0.25) is 0 Å². The van der Waals surface area contributed by atoms with Gasteiger partial charge in [-0.1, -0.05) is 6.92 Å². The summed E-state index contributed by atoms with van der Waals surface area (Å²) < 4.78 is 5.58. The van der Waals surface area contributed by atoms with Crippen LogP contribution in [0.3, 0.4) is 0 Å². The van der Waals surface area contributed by atoms with E-state index in [0.29, 0.717) is 0 Å². The molecule has 0 aromatic carbocycles. The second kappa shape index (κ2) is 4.66. The molecule has 3 fully saturated rings. The van der Waals surface area contributed by atoms with Crippen molar-refractivity contribution in [3.05, 3.63) is 0 Å². The Balaban J connectivity index is 1.58. The second-order valence-corrected chi connectivity index (χ2v) is 6.09. The zero-order valence-electron chi connectivity index (χ0n) is 10.5. The molecule has 92 valence electrons. The van der Waals surface area contributed by atoms with Gasteiger partial charge in [-0.2, -0.15) is 0 Å². The molecule has 1 saturated heterocycles. The minimum Gasteiger partial charge on any atom is -0.381 e. The standard InChI is InChI=1S/C14H25NO/c1-2-4-15-14(10-3-5-16-9-10)13-7-11-6-12(11)8-13/h10-15H,2-9H2,1H3. The highest BCUT2D eigenvalue weighted by Crippen LogP contribution is 2.55. The Kier molecular flexibility index (Phi) is 3.21. The number of nitrogens with one attached hydrogen (secondary N) is 1. The lowest BCUT2D eigenvalue weighted by molar-refractivity contribution is 0.162. The van der Waals surface area contributed by atoms with Gasteiger partial charge >= 0.3 is 0 Å². The van der Waals surface area contributed by atoms with Gasteiger partial charge in [0, 0.05) is 18.6 Å². The van der Waals surface area contributed by atoms with Crippen molar-refractivity contribution in [2.24, 2.45) is 23.7 Å². The van der Waals surface area contributed by atoms with Gasteiger partial charge < -0.3 is 10.1 Å². The fraction of sp³-hybridized carbons (Fsp3) is 1.00. The molecule has 2 heteroatoms. The Morgan fingerprint density at radius 3 is 2.62 bits per heavy atom. The maximum atomic E-state index is 5.58. The third kappa shape index (κ3) is 2.14. The maximum absolute atomic E-state index is 5.58. The summed E-state index contributed by atoms with van der Waals surface area (Å²) in [5.74, 6) is 3.98. The van der Waals surface area contributed by atoms with Crippen molar-refractivity contribution in [3.63, 3.8) is 0 Å². The molecule has 3 rings (SSSR count). The Labute approximate surface area is 99.1 Å². The average Bonchev–Trinajstić information content (AvgIpc) is 2.73. The van der Waals surface area contributed by atoms with Gasteiger partial charge in [0.1, 0.15) is 0 Å². The molecule has 1 heterocycles. The predicted octanol–water partition coefficient (Wildman–Crippen LogP) is 2.44. The molecule has 1 aliphatic heterocycles. The average molecular weight is 223 g/mol. The van der Waals surface area contributed by atoms with Crippen molar-refractivity contribution in [2.45, 2.75) is 45.1 Å². The summed E-state index contributed by atoms with van der Waals surface area (Å²) in [5.41, 5.74) is 0. The monoisotopic (exact) mass is 223 g/mol. The minimum atomic E-state index is 0.759. The molecule has 0 spiro atoms. The number of ether oxygens (including phenoxy) is 1. The first-order valence-electron chi connectivity index (χ1n) is 7.19. The normalized spacial score (nSPS) is 43.3. The molecule has 2 nitrogen and oxygen atoms in total. The third-order valence-electron chi connectivity index (χ3n) is 4.89. The minimum absolute atomic E-state index is 0.759. The number of rotatable bonds is 5. The highest BCUT2D eigenvalue weighted by molar-refractivity contribution is 5.00. The van der Waals surface area contributed by atoms with Crippen LogP contribution in [0.4, 0.5) is 0 Å². The fourth-order valence-electron chi connectivity index (χ4n) is 3.92. The van der Waals surface area contributed by atoms with Crippen LogP contribution in [0.15, 0.2) is 0 Å². The zero-order chi connectivity index (χ0) is 11.0. The number of hydrogen-bond acceptors (Lipinski definition) is 2. The maximum Gasteiger partial charge on any atom is 0.0510 e. The van der Waals surface area contributed by atoms with Crippen LogP contribution in [0.1, 0.15) is 39.0 Å². The van der Waals surface area contributed by atoms with Gasteiger partial charge in [-0.15, -0.1) is 0 Å². The van der Waals surface area contributed by atoms with Crippen molar-refractivity contribution in [3.8, 4) is 0 Å². The van der Waals surface area contributed by atoms with E-state index >= 15 is 0 Å². The van der Waals surface area contributed by atoms with E-state index in [4.69, 9.17) is 4.74 Å². The molecule has 0 radical (unpaired) electrons. The van der Waals surface area contributed by atoms with E-state index in [9.17, 15) is 0 Å². The lowest BCUT2D eigenvalue weighted by Crippen LogP contribution is -2.42. The molecule has 0 aromatic rings. The fourth-order valence-corrected chi connectivity index (χ4v) is 3.92. The van der Waals surface area contributed by atoms with Crippen LogP contribution in [0.25, 0.3) is 0 Å². The Morgan fingerprint density at radius 1 is 1.19 bits per heavy atom. The lowest BCUT2D eigenvalue weighted by atomic mass is 9.84. The highest BCUT2D eigenvalue weighted by Gasteiger charge is 2.49. The summed E-state index contributed by atoms with van der Waals surface area (Å²) >= 11 is 0. The Bertz CT molecular complexity index is 227. The molecular formula is C14H25NO. The molecule has 3 aliphatic rings. The first-order valence-corrected chi connectivity index (χ1v) is 7.19. The third-order valence-corrected chi connectivity index (χ3v) is 4.89. The molecule has 2 saturated carbocycles.